The van der Waals surface area contributed by atoms with Crippen LogP contribution in [0.1, 0.15) is 18.1 Å². The van der Waals surface area contributed by atoms with Crippen LogP contribution in [-0.4, -0.2) is 30.2 Å². The molecule has 0 heterocycles. The van der Waals surface area contributed by atoms with Crippen LogP contribution in [0.25, 0.3) is 0 Å². The van der Waals surface area contributed by atoms with E-state index in [-0.39, 0.29) is 12.3 Å². The number of rotatable bonds is 4. The molecule has 1 aromatic rings. The molecule has 0 bridgehead atoms. The Hall–Kier alpha value is -1.46. The van der Waals surface area contributed by atoms with Gasteiger partial charge in [-0.05, 0) is 17.7 Å². The fourth-order valence-electron chi connectivity index (χ4n) is 1.23. The number of hydroxylamine groups is 2. The molecule has 0 aliphatic carbocycles. The lowest BCUT2D eigenvalue weighted by atomic mass is 10.1. The van der Waals surface area contributed by atoms with Gasteiger partial charge in [0.2, 0.25) is 5.91 Å². The van der Waals surface area contributed by atoms with Crippen molar-refractivity contribution in [2.75, 3.05) is 14.2 Å². The third kappa shape index (κ3) is 3.29. The van der Waals surface area contributed by atoms with Gasteiger partial charge in [0.25, 0.3) is 0 Å². The van der Waals surface area contributed by atoms with Gasteiger partial charge in [0.1, 0.15) is 5.82 Å². The molecule has 1 unspecified atom stereocenters. The van der Waals surface area contributed by atoms with E-state index >= 15 is 0 Å². The number of aliphatic hydroxyl groups is 1. The summed E-state index contributed by atoms with van der Waals surface area (Å²) in [6.07, 6.45) is -1.17. The number of hydrogen-bond donors (Lipinski definition) is 1. The van der Waals surface area contributed by atoms with E-state index in [2.05, 4.69) is 4.84 Å². The molecule has 1 N–H and O–H groups in total. The molecular weight excluding hydrogens is 213 g/mol. The van der Waals surface area contributed by atoms with Gasteiger partial charge in [-0.1, -0.05) is 12.1 Å². The molecule has 5 heteroatoms. The highest BCUT2D eigenvalue weighted by molar-refractivity contribution is 5.75. The number of benzene rings is 1. The second kappa shape index (κ2) is 5.58. The molecule has 0 saturated carbocycles. The van der Waals surface area contributed by atoms with Crippen molar-refractivity contribution in [1.29, 1.82) is 0 Å². The van der Waals surface area contributed by atoms with Crippen LogP contribution in [0.2, 0.25) is 0 Å². The summed E-state index contributed by atoms with van der Waals surface area (Å²) in [6.45, 7) is 0. The minimum absolute atomic E-state index is 0.145. The normalized spacial score (nSPS) is 12.2. The van der Waals surface area contributed by atoms with Crippen LogP contribution in [0.3, 0.4) is 0 Å². The van der Waals surface area contributed by atoms with Gasteiger partial charge in [0, 0.05) is 7.05 Å². The molecule has 0 saturated heterocycles. The predicted molar refractivity (Wildman–Crippen MR) is 55.8 cm³/mol. The van der Waals surface area contributed by atoms with Crippen molar-refractivity contribution in [2.45, 2.75) is 12.5 Å². The van der Waals surface area contributed by atoms with Crippen molar-refractivity contribution in [2.24, 2.45) is 0 Å². The molecule has 4 nitrogen and oxygen atoms in total. The number of amides is 1. The van der Waals surface area contributed by atoms with Crippen LogP contribution >= 0.6 is 0 Å². The standard InChI is InChI=1S/C11H14FNO3/c1-13(16-2)11(15)7-10(14)8-4-3-5-9(12)6-8/h3-6,10,14H,7H2,1-2H3. The monoisotopic (exact) mass is 227 g/mol. The molecule has 0 aromatic heterocycles. The SMILES string of the molecule is CON(C)C(=O)CC(O)c1cccc(F)c1. The van der Waals surface area contributed by atoms with Crippen molar-refractivity contribution in [3.8, 4) is 0 Å². The molecule has 0 radical (unpaired) electrons. The third-order valence-electron chi connectivity index (χ3n) is 2.23. The highest BCUT2D eigenvalue weighted by atomic mass is 19.1. The van der Waals surface area contributed by atoms with Gasteiger partial charge >= 0.3 is 0 Å². The number of carbonyl (C=O) groups is 1. The van der Waals surface area contributed by atoms with E-state index in [0.717, 1.165) is 5.06 Å². The van der Waals surface area contributed by atoms with E-state index in [4.69, 9.17) is 0 Å². The zero-order valence-electron chi connectivity index (χ0n) is 9.18. The largest absolute Gasteiger partial charge is 0.388 e. The van der Waals surface area contributed by atoms with Crippen molar-refractivity contribution in [3.63, 3.8) is 0 Å². The van der Waals surface area contributed by atoms with Gasteiger partial charge in [0.05, 0.1) is 19.6 Å². The van der Waals surface area contributed by atoms with Crippen LogP contribution in [0.4, 0.5) is 4.39 Å². The van der Waals surface area contributed by atoms with E-state index in [1.54, 1.807) is 6.07 Å². The molecule has 0 spiro atoms. The zero-order valence-corrected chi connectivity index (χ0v) is 9.18. The maximum Gasteiger partial charge on any atom is 0.248 e. The molecule has 1 amide bonds. The first-order valence-electron chi connectivity index (χ1n) is 4.78. The lowest BCUT2D eigenvalue weighted by Gasteiger charge is -2.16. The highest BCUT2D eigenvalue weighted by Crippen LogP contribution is 2.18. The molecule has 1 aromatic carbocycles. The first-order chi connectivity index (χ1) is 7.54. The van der Waals surface area contributed by atoms with Crippen molar-refractivity contribution in [3.05, 3.63) is 35.6 Å². The Labute approximate surface area is 93.2 Å². The van der Waals surface area contributed by atoms with Crippen molar-refractivity contribution >= 4 is 5.91 Å². The predicted octanol–water partition coefficient (Wildman–Crippen LogP) is 1.27. The minimum atomic E-state index is -1.03. The Kier molecular flexibility index (Phi) is 4.39. The smallest absolute Gasteiger partial charge is 0.248 e. The van der Waals surface area contributed by atoms with E-state index in [1.807, 2.05) is 0 Å². The molecule has 16 heavy (non-hydrogen) atoms. The van der Waals surface area contributed by atoms with Gasteiger partial charge in [-0.2, -0.15) is 0 Å². The number of nitrogens with zero attached hydrogens (tertiary/aromatic N) is 1. The molecule has 0 fully saturated rings. The van der Waals surface area contributed by atoms with E-state index in [1.165, 1.54) is 32.4 Å². The van der Waals surface area contributed by atoms with Gasteiger partial charge in [0.15, 0.2) is 0 Å². The molecule has 0 aliphatic rings. The Morgan fingerprint density at radius 2 is 2.31 bits per heavy atom. The van der Waals surface area contributed by atoms with Crippen LogP contribution in [0, 0.1) is 5.82 Å². The molecule has 88 valence electrons. The number of hydrogen-bond acceptors (Lipinski definition) is 3. The second-order valence-corrected chi connectivity index (χ2v) is 3.35. The fraction of sp³-hybridized carbons (Fsp3) is 0.364. The Balaban J connectivity index is 2.65. The zero-order chi connectivity index (χ0) is 12.1. The van der Waals surface area contributed by atoms with Crippen LogP contribution in [0.15, 0.2) is 24.3 Å². The first kappa shape index (κ1) is 12.6. The molecule has 1 rings (SSSR count). The van der Waals surface area contributed by atoms with Gasteiger partial charge in [-0.25, -0.2) is 9.45 Å². The average molecular weight is 227 g/mol. The topological polar surface area (TPSA) is 49.8 Å². The summed E-state index contributed by atoms with van der Waals surface area (Å²) in [5.41, 5.74) is 0.373. The summed E-state index contributed by atoms with van der Waals surface area (Å²) >= 11 is 0. The Morgan fingerprint density at radius 3 is 2.88 bits per heavy atom. The summed E-state index contributed by atoms with van der Waals surface area (Å²) in [4.78, 5) is 16.1. The fourth-order valence-corrected chi connectivity index (χ4v) is 1.23. The molecular formula is C11H14FNO3. The maximum atomic E-state index is 12.9. The summed E-state index contributed by atoms with van der Waals surface area (Å²) in [5.74, 6) is -0.816. The lowest BCUT2D eigenvalue weighted by molar-refractivity contribution is -0.170. The summed E-state index contributed by atoms with van der Waals surface area (Å²) < 4.78 is 12.9. The average Bonchev–Trinajstić information content (AvgIpc) is 2.27. The quantitative estimate of drug-likeness (QED) is 0.788. The summed E-state index contributed by atoms with van der Waals surface area (Å²) in [6, 6.07) is 5.52. The lowest BCUT2D eigenvalue weighted by Crippen LogP contribution is -2.26. The van der Waals surface area contributed by atoms with E-state index in [9.17, 15) is 14.3 Å². The van der Waals surface area contributed by atoms with Crippen molar-refractivity contribution in [1.82, 2.24) is 5.06 Å². The number of carbonyl (C=O) groups excluding carboxylic acids is 1. The maximum absolute atomic E-state index is 12.9. The van der Waals surface area contributed by atoms with Crippen LogP contribution in [-0.2, 0) is 9.63 Å². The Morgan fingerprint density at radius 1 is 1.62 bits per heavy atom. The van der Waals surface area contributed by atoms with Gasteiger partial charge in [-0.15, -0.1) is 0 Å². The third-order valence-corrected chi connectivity index (χ3v) is 2.23. The number of halogens is 1. The van der Waals surface area contributed by atoms with Gasteiger partial charge < -0.3 is 5.11 Å². The second-order valence-electron chi connectivity index (χ2n) is 3.35. The van der Waals surface area contributed by atoms with Crippen LogP contribution < -0.4 is 0 Å². The van der Waals surface area contributed by atoms with Gasteiger partial charge in [-0.3, -0.25) is 9.63 Å². The summed E-state index contributed by atoms with van der Waals surface area (Å²) in [7, 11) is 2.80. The summed E-state index contributed by atoms with van der Waals surface area (Å²) in [5, 5.41) is 10.7. The molecule has 1 atom stereocenters. The van der Waals surface area contributed by atoms with Crippen LogP contribution in [0.5, 0.6) is 0 Å². The highest BCUT2D eigenvalue weighted by Gasteiger charge is 2.16. The first-order valence-corrected chi connectivity index (χ1v) is 4.78. The Bertz CT molecular complexity index is 370. The molecule has 0 aliphatic heterocycles. The van der Waals surface area contributed by atoms with E-state index in [0.29, 0.717) is 5.56 Å². The number of aliphatic hydroxyl groups excluding tert-OH is 1. The van der Waals surface area contributed by atoms with E-state index < -0.39 is 11.9 Å². The van der Waals surface area contributed by atoms with Crippen molar-refractivity contribution < 1.29 is 19.1 Å². The minimum Gasteiger partial charge on any atom is -0.388 e.